The highest BCUT2D eigenvalue weighted by atomic mass is 19.4. The van der Waals surface area contributed by atoms with E-state index in [0.717, 1.165) is 21.3 Å². The number of nitrogens with two attached hydrogens (primary N) is 1. The van der Waals surface area contributed by atoms with Crippen LogP contribution in [-0.2, 0) is 12.7 Å². The van der Waals surface area contributed by atoms with Gasteiger partial charge in [-0.05, 0) is 74.8 Å². The van der Waals surface area contributed by atoms with Gasteiger partial charge in [-0.1, -0.05) is 12.5 Å². The van der Waals surface area contributed by atoms with Crippen molar-refractivity contribution in [3.8, 4) is 28.7 Å². The molecular formula is C27H25F3N6O2. The zero-order valence-corrected chi connectivity index (χ0v) is 20.6. The van der Waals surface area contributed by atoms with Crippen LogP contribution >= 0.6 is 0 Å². The Labute approximate surface area is 216 Å². The molecule has 0 aliphatic carbocycles. The van der Waals surface area contributed by atoms with Gasteiger partial charge >= 0.3 is 11.9 Å². The van der Waals surface area contributed by atoms with Gasteiger partial charge in [0, 0.05) is 12.2 Å². The Kier molecular flexibility index (Phi) is 7.64. The molecule has 2 aromatic heterocycles. The maximum Gasteiger partial charge on any atom is 0.416 e. The molecule has 2 aromatic carbocycles. The van der Waals surface area contributed by atoms with Gasteiger partial charge in [0.05, 0.1) is 46.0 Å². The van der Waals surface area contributed by atoms with Crippen LogP contribution in [0.1, 0.15) is 36.1 Å². The first-order valence-electron chi connectivity index (χ1n) is 12.0. The highest BCUT2D eigenvalue weighted by molar-refractivity contribution is 5.64. The summed E-state index contributed by atoms with van der Waals surface area (Å²) in [5.41, 5.74) is 5.00. The molecule has 0 aliphatic rings. The molecule has 0 unspecified atom stereocenters. The third kappa shape index (κ3) is 5.17. The lowest BCUT2D eigenvalue weighted by molar-refractivity contribution is -0.137. The summed E-state index contributed by atoms with van der Waals surface area (Å²) in [6.07, 6.45) is -1.25. The standard InChI is InChI=1S/C27H25F3N6O2/c1-18-24(23-12-14-33-36(23)21-10-8-19(17-32)9-11-21)25(37)34(15-4-2-3-13-31)26(38)35(18)22-7-5-6-20(16-22)27(28,29)30/h5-12,14,16H,2-4,13,15,31H2,1H3. The summed E-state index contributed by atoms with van der Waals surface area (Å²) in [6.45, 7) is 2.06. The summed E-state index contributed by atoms with van der Waals surface area (Å²) in [4.78, 5) is 27.3. The molecule has 0 atom stereocenters. The van der Waals surface area contributed by atoms with Crippen molar-refractivity contribution in [2.45, 2.75) is 38.9 Å². The van der Waals surface area contributed by atoms with Gasteiger partial charge in [0.1, 0.15) is 0 Å². The highest BCUT2D eigenvalue weighted by Crippen LogP contribution is 2.31. The summed E-state index contributed by atoms with van der Waals surface area (Å²) >= 11 is 0. The zero-order chi connectivity index (χ0) is 27.4. The SMILES string of the molecule is Cc1c(-c2ccnn2-c2ccc(C#N)cc2)c(=O)n(CCCCCN)c(=O)n1-c1cccc(C(F)(F)F)c1. The molecule has 4 aromatic rings. The summed E-state index contributed by atoms with van der Waals surface area (Å²) in [5, 5.41) is 13.4. The summed E-state index contributed by atoms with van der Waals surface area (Å²) in [5.74, 6) is 0. The van der Waals surface area contributed by atoms with Gasteiger partial charge in [-0.3, -0.25) is 13.9 Å². The largest absolute Gasteiger partial charge is 0.416 e. The van der Waals surface area contributed by atoms with E-state index in [-0.39, 0.29) is 23.5 Å². The van der Waals surface area contributed by atoms with E-state index in [1.165, 1.54) is 29.9 Å². The van der Waals surface area contributed by atoms with Crippen molar-refractivity contribution in [2.24, 2.45) is 5.73 Å². The number of benzene rings is 2. The van der Waals surface area contributed by atoms with Gasteiger partial charge in [-0.2, -0.15) is 23.5 Å². The molecule has 0 saturated heterocycles. The van der Waals surface area contributed by atoms with Gasteiger partial charge < -0.3 is 5.73 Å². The molecule has 0 spiro atoms. The minimum Gasteiger partial charge on any atom is -0.330 e. The lowest BCUT2D eigenvalue weighted by Crippen LogP contribution is -2.41. The lowest BCUT2D eigenvalue weighted by Gasteiger charge is -2.19. The Morgan fingerprint density at radius 2 is 1.74 bits per heavy atom. The van der Waals surface area contributed by atoms with E-state index >= 15 is 0 Å². The van der Waals surface area contributed by atoms with Crippen LogP contribution in [0, 0.1) is 18.3 Å². The van der Waals surface area contributed by atoms with E-state index in [1.54, 1.807) is 30.3 Å². The Morgan fingerprint density at radius 3 is 2.39 bits per heavy atom. The van der Waals surface area contributed by atoms with Gasteiger partial charge in [-0.15, -0.1) is 0 Å². The number of halogens is 3. The maximum atomic E-state index is 13.7. The molecule has 8 nitrogen and oxygen atoms in total. The van der Waals surface area contributed by atoms with Crippen molar-refractivity contribution in [2.75, 3.05) is 6.54 Å². The summed E-state index contributed by atoms with van der Waals surface area (Å²) in [6, 6.07) is 14.6. The fourth-order valence-electron chi connectivity index (χ4n) is 4.34. The predicted octanol–water partition coefficient (Wildman–Crippen LogP) is 4.18. The van der Waals surface area contributed by atoms with Crippen LogP contribution in [0.4, 0.5) is 13.2 Å². The van der Waals surface area contributed by atoms with Crippen molar-refractivity contribution >= 4 is 0 Å². The third-order valence-electron chi connectivity index (χ3n) is 6.24. The van der Waals surface area contributed by atoms with Gasteiger partial charge in [0.25, 0.3) is 5.56 Å². The molecule has 196 valence electrons. The molecule has 0 fully saturated rings. The summed E-state index contributed by atoms with van der Waals surface area (Å²) in [7, 11) is 0. The van der Waals surface area contributed by atoms with Gasteiger partial charge in [0.2, 0.25) is 0 Å². The number of nitriles is 1. The monoisotopic (exact) mass is 522 g/mol. The topological polar surface area (TPSA) is 112 Å². The van der Waals surface area contributed by atoms with Crippen LogP contribution in [0.3, 0.4) is 0 Å². The van der Waals surface area contributed by atoms with E-state index in [4.69, 9.17) is 11.0 Å². The van der Waals surface area contributed by atoms with E-state index in [0.29, 0.717) is 42.8 Å². The number of nitrogens with zero attached hydrogens (tertiary/aromatic N) is 5. The van der Waals surface area contributed by atoms with Crippen LogP contribution in [0.5, 0.6) is 0 Å². The molecule has 11 heteroatoms. The molecule has 2 N–H and O–H groups in total. The van der Waals surface area contributed by atoms with Gasteiger partial charge in [0.15, 0.2) is 0 Å². The van der Waals surface area contributed by atoms with Crippen LogP contribution in [-0.4, -0.2) is 25.5 Å². The third-order valence-corrected chi connectivity index (χ3v) is 6.24. The average molecular weight is 523 g/mol. The minimum absolute atomic E-state index is 0.0104. The second kappa shape index (κ2) is 10.9. The van der Waals surface area contributed by atoms with Crippen molar-refractivity contribution < 1.29 is 13.2 Å². The van der Waals surface area contributed by atoms with E-state index in [2.05, 4.69) is 5.10 Å². The molecule has 38 heavy (non-hydrogen) atoms. The van der Waals surface area contributed by atoms with Crippen molar-refractivity contribution in [1.29, 1.82) is 5.26 Å². The Balaban J connectivity index is 1.97. The molecule has 0 aliphatic heterocycles. The van der Waals surface area contributed by atoms with Crippen molar-refractivity contribution in [3.05, 3.63) is 98.5 Å². The minimum atomic E-state index is -4.61. The molecule has 0 saturated carbocycles. The Morgan fingerprint density at radius 1 is 1.00 bits per heavy atom. The van der Waals surface area contributed by atoms with Gasteiger partial charge in [-0.25, -0.2) is 9.48 Å². The fourth-order valence-corrected chi connectivity index (χ4v) is 4.34. The maximum absolute atomic E-state index is 13.7. The molecule has 4 rings (SSSR count). The van der Waals surface area contributed by atoms with Crippen LogP contribution in [0.15, 0.2) is 70.4 Å². The van der Waals surface area contributed by atoms with Crippen LogP contribution in [0.25, 0.3) is 22.6 Å². The quantitative estimate of drug-likeness (QED) is 0.349. The smallest absolute Gasteiger partial charge is 0.330 e. The van der Waals surface area contributed by atoms with E-state index in [9.17, 15) is 22.8 Å². The summed E-state index contributed by atoms with van der Waals surface area (Å²) < 4.78 is 44.1. The number of hydrogen-bond donors (Lipinski definition) is 1. The first kappa shape index (κ1) is 26.6. The normalized spacial score (nSPS) is 11.5. The molecule has 0 amide bonds. The fraction of sp³-hybridized carbons (Fsp3) is 0.259. The first-order valence-corrected chi connectivity index (χ1v) is 12.0. The van der Waals surface area contributed by atoms with Crippen LogP contribution < -0.4 is 17.0 Å². The molecular weight excluding hydrogens is 497 g/mol. The predicted molar refractivity (Wildman–Crippen MR) is 136 cm³/mol. The highest BCUT2D eigenvalue weighted by Gasteiger charge is 2.31. The molecule has 2 heterocycles. The number of rotatable bonds is 8. The number of unbranched alkanes of at least 4 members (excludes halogenated alkanes) is 2. The molecule has 0 bridgehead atoms. The Bertz CT molecular complexity index is 1610. The van der Waals surface area contributed by atoms with Crippen molar-refractivity contribution in [3.63, 3.8) is 0 Å². The second-order valence-electron chi connectivity index (χ2n) is 8.72. The lowest BCUT2D eigenvalue weighted by atomic mass is 10.1. The van der Waals surface area contributed by atoms with Crippen molar-refractivity contribution in [1.82, 2.24) is 18.9 Å². The Hall–Kier alpha value is -4.43. The average Bonchev–Trinajstić information content (AvgIpc) is 3.37. The number of hydrogen-bond acceptors (Lipinski definition) is 5. The first-order chi connectivity index (χ1) is 18.2. The van der Waals surface area contributed by atoms with Crippen LogP contribution in [0.2, 0.25) is 0 Å². The number of aromatic nitrogens is 4. The number of alkyl halides is 3. The second-order valence-corrected chi connectivity index (χ2v) is 8.72. The molecule has 0 radical (unpaired) electrons. The zero-order valence-electron chi connectivity index (χ0n) is 20.6. The van der Waals surface area contributed by atoms with E-state index < -0.39 is 23.0 Å². The van der Waals surface area contributed by atoms with E-state index in [1.807, 2.05) is 6.07 Å².